The van der Waals surface area contributed by atoms with E-state index in [-0.39, 0.29) is 32.0 Å². The highest BCUT2D eigenvalue weighted by molar-refractivity contribution is 7.45. The number of esters is 2. The van der Waals surface area contributed by atoms with Gasteiger partial charge in [-0.2, -0.15) is 0 Å². The summed E-state index contributed by atoms with van der Waals surface area (Å²) >= 11 is 0. The Bertz CT molecular complexity index is 2030. The van der Waals surface area contributed by atoms with E-state index in [9.17, 15) is 19.0 Å². The van der Waals surface area contributed by atoms with Crippen molar-refractivity contribution in [2.24, 2.45) is 0 Å². The molecule has 10 heteroatoms. The summed E-state index contributed by atoms with van der Waals surface area (Å²) < 4.78 is 34.5. The maximum atomic E-state index is 12.9. The average Bonchev–Trinajstić information content (AvgIpc) is 0.973. The van der Waals surface area contributed by atoms with Gasteiger partial charge in [-0.1, -0.05) is 426 Å². The van der Waals surface area contributed by atoms with Crippen LogP contribution in [0.1, 0.15) is 418 Å². The summed E-state index contributed by atoms with van der Waals surface area (Å²) in [6.07, 6.45) is 114. The summed E-state index contributed by atoms with van der Waals surface area (Å²) in [5.74, 6) is -0.817. The van der Waals surface area contributed by atoms with E-state index in [4.69, 9.17) is 18.5 Å². The quantitative estimate of drug-likeness (QED) is 0.0195. The van der Waals surface area contributed by atoms with Gasteiger partial charge in [0.25, 0.3) is 7.82 Å². The summed E-state index contributed by atoms with van der Waals surface area (Å²) in [5.41, 5.74) is 0. The van der Waals surface area contributed by atoms with E-state index < -0.39 is 26.5 Å². The van der Waals surface area contributed by atoms with Crippen molar-refractivity contribution in [2.75, 3.05) is 47.5 Å². The number of phosphoric ester groups is 1. The van der Waals surface area contributed by atoms with Crippen LogP contribution in [0, 0.1) is 0 Å². The summed E-state index contributed by atoms with van der Waals surface area (Å²) in [6.45, 7) is 4.19. The zero-order valence-corrected chi connectivity index (χ0v) is 68.2. The fraction of sp³-hybridized carbons (Fsp3) is 0.802. The van der Waals surface area contributed by atoms with Gasteiger partial charge in [0.05, 0.1) is 27.7 Å². The van der Waals surface area contributed by atoms with Crippen LogP contribution in [-0.4, -0.2) is 70.0 Å². The number of ether oxygens (including phenoxy) is 2. The smallest absolute Gasteiger partial charge is 0.306 e. The molecule has 0 rings (SSSR count). The maximum absolute atomic E-state index is 12.9. The van der Waals surface area contributed by atoms with Crippen LogP contribution in [0.25, 0.3) is 0 Å². The van der Waals surface area contributed by atoms with Gasteiger partial charge < -0.3 is 27.9 Å². The molecule has 0 amide bonds. The third-order valence-corrected chi connectivity index (χ3v) is 20.3. The number of likely N-dealkylation sites (N-methyl/N-ethyl adjacent to an activating group) is 1. The maximum Gasteiger partial charge on any atom is 0.306 e. The third-order valence-electron chi connectivity index (χ3n) is 19.4. The molecular formula is C91H166NO8P. The Labute approximate surface area is 627 Å². The lowest BCUT2D eigenvalue weighted by atomic mass is 10.0. The van der Waals surface area contributed by atoms with Crippen LogP contribution in [0.2, 0.25) is 0 Å². The van der Waals surface area contributed by atoms with Crippen LogP contribution >= 0.6 is 7.82 Å². The molecule has 0 spiro atoms. The van der Waals surface area contributed by atoms with Crippen molar-refractivity contribution in [3.05, 3.63) is 97.2 Å². The molecule has 0 aromatic heterocycles. The Morgan fingerprint density at radius 1 is 0.317 bits per heavy atom. The number of quaternary nitrogens is 1. The minimum atomic E-state index is -4.65. The van der Waals surface area contributed by atoms with Crippen molar-refractivity contribution >= 4 is 19.8 Å². The van der Waals surface area contributed by atoms with Crippen LogP contribution in [0.4, 0.5) is 0 Å². The van der Waals surface area contributed by atoms with E-state index in [1.165, 1.54) is 295 Å². The van der Waals surface area contributed by atoms with Crippen molar-refractivity contribution in [3.8, 4) is 0 Å². The summed E-state index contributed by atoms with van der Waals surface area (Å²) in [7, 11) is 1.18. The minimum absolute atomic E-state index is 0.0314. The number of rotatable bonds is 81. The number of phosphoric acid groups is 1. The molecule has 0 aromatic rings. The Hall–Kier alpha value is -3.07. The molecule has 0 bridgehead atoms. The monoisotopic (exact) mass is 1430 g/mol. The topological polar surface area (TPSA) is 111 Å². The van der Waals surface area contributed by atoms with E-state index >= 15 is 0 Å². The number of hydrogen-bond acceptors (Lipinski definition) is 8. The SMILES string of the molecule is CC/C=C\C/C=C\C/C=C\C/C=C\C/C=C\C/C=C\C/C=C\C/C=C\CCCCCCCCCCCCCCCCC(=O)OC(COC(=O)CCCCCCCCCCCCCCCCCCCCCCCCCCCCCCCCCCCCCCCC)COP(=O)([O-])OCC[N+](C)(C)C. The van der Waals surface area contributed by atoms with Gasteiger partial charge in [-0.3, -0.25) is 14.2 Å². The molecule has 0 heterocycles. The number of carbonyl (C=O) groups excluding carboxylic acids is 2. The van der Waals surface area contributed by atoms with Crippen LogP contribution < -0.4 is 4.89 Å². The van der Waals surface area contributed by atoms with E-state index in [1.807, 2.05) is 21.1 Å². The number of hydrogen-bond donors (Lipinski definition) is 0. The Morgan fingerprint density at radius 2 is 0.564 bits per heavy atom. The van der Waals surface area contributed by atoms with E-state index in [0.29, 0.717) is 17.4 Å². The first kappa shape index (κ1) is 97.9. The van der Waals surface area contributed by atoms with Crippen molar-refractivity contribution < 1.29 is 42.1 Å². The standard InChI is InChI=1S/C91H166NO8P/c1-6-8-10-12-14-16-18-20-22-24-26-28-30-32-34-36-38-40-42-44-46-48-50-52-54-56-58-60-62-64-66-68-70-72-74-76-78-80-82-84-91(94)100-89(88-99-101(95,96)98-86-85-92(3,4)5)87-97-90(93)83-81-79-77-75-73-71-69-67-65-63-61-59-57-55-53-51-49-47-45-43-41-39-37-35-33-31-29-27-25-23-21-19-17-15-13-11-9-7-2/h8,10,14,16,20,22,26,28,32,34,38,40,44,46,50,52,89H,6-7,9,11-13,15,17-19,21,23-25,27,29-31,33,35-37,39,41-43,45,47-49,51,53-88H2,1-5H3/b10-8-,16-14-,22-20-,28-26-,34-32-,40-38-,46-44-,52-50-. The zero-order valence-electron chi connectivity index (χ0n) is 67.4. The molecule has 0 saturated carbocycles. The summed E-state index contributed by atoms with van der Waals surface area (Å²) in [5, 5.41) is 0. The highest BCUT2D eigenvalue weighted by atomic mass is 31.2. The van der Waals surface area contributed by atoms with Gasteiger partial charge in [0, 0.05) is 12.8 Å². The second-order valence-corrected chi connectivity index (χ2v) is 31.9. The third kappa shape index (κ3) is 85.7. The normalized spacial score (nSPS) is 13.4. The van der Waals surface area contributed by atoms with E-state index in [2.05, 4.69) is 111 Å². The molecule has 9 nitrogen and oxygen atoms in total. The molecule has 0 radical (unpaired) electrons. The fourth-order valence-corrected chi connectivity index (χ4v) is 13.5. The molecule has 2 unspecified atom stereocenters. The number of carbonyl (C=O) groups is 2. The molecule has 0 aliphatic heterocycles. The first-order valence-corrected chi connectivity index (χ1v) is 44.9. The molecule has 0 fully saturated rings. The summed E-state index contributed by atoms with van der Waals surface area (Å²) in [6, 6.07) is 0. The lowest BCUT2D eigenvalue weighted by Crippen LogP contribution is -2.37. The lowest BCUT2D eigenvalue weighted by molar-refractivity contribution is -0.870. The molecule has 588 valence electrons. The first-order chi connectivity index (χ1) is 49.5. The van der Waals surface area contributed by atoms with Gasteiger partial charge in [-0.15, -0.1) is 0 Å². The van der Waals surface area contributed by atoms with E-state index in [1.54, 1.807) is 0 Å². The Balaban J connectivity index is 3.91. The van der Waals surface area contributed by atoms with Crippen molar-refractivity contribution in [2.45, 2.75) is 424 Å². The predicted molar refractivity (Wildman–Crippen MR) is 439 cm³/mol. The van der Waals surface area contributed by atoms with Gasteiger partial charge in [-0.05, 0) is 77.0 Å². The van der Waals surface area contributed by atoms with Crippen molar-refractivity contribution in [1.29, 1.82) is 0 Å². The van der Waals surface area contributed by atoms with Gasteiger partial charge in [0.1, 0.15) is 19.8 Å². The molecule has 0 N–H and O–H groups in total. The van der Waals surface area contributed by atoms with Gasteiger partial charge in [0.2, 0.25) is 0 Å². The Kier molecular flexibility index (Phi) is 78.6. The van der Waals surface area contributed by atoms with Crippen LogP contribution in [0.3, 0.4) is 0 Å². The van der Waals surface area contributed by atoms with Crippen LogP contribution in [0.5, 0.6) is 0 Å². The second kappa shape index (κ2) is 81.0. The second-order valence-electron chi connectivity index (χ2n) is 30.5. The van der Waals surface area contributed by atoms with Crippen LogP contribution in [-0.2, 0) is 32.7 Å². The zero-order chi connectivity index (χ0) is 73.3. The van der Waals surface area contributed by atoms with Gasteiger partial charge in [-0.25, -0.2) is 0 Å². The predicted octanol–water partition coefficient (Wildman–Crippen LogP) is 28.7. The molecule has 101 heavy (non-hydrogen) atoms. The molecular weight excluding hydrogens is 1270 g/mol. The molecule has 0 aliphatic rings. The minimum Gasteiger partial charge on any atom is -0.756 e. The van der Waals surface area contributed by atoms with Gasteiger partial charge >= 0.3 is 11.9 Å². The van der Waals surface area contributed by atoms with Gasteiger partial charge in [0.15, 0.2) is 6.10 Å². The molecule has 0 aromatic carbocycles. The number of unbranched alkanes of at least 4 members (excludes halogenated alkanes) is 51. The fourth-order valence-electron chi connectivity index (χ4n) is 12.8. The number of allylic oxidation sites excluding steroid dienone is 16. The highest BCUT2D eigenvalue weighted by Crippen LogP contribution is 2.38. The lowest BCUT2D eigenvalue weighted by Gasteiger charge is -2.28. The summed E-state index contributed by atoms with van der Waals surface area (Å²) in [4.78, 5) is 38.2. The molecule has 2 atom stereocenters. The largest absolute Gasteiger partial charge is 0.756 e. The highest BCUT2D eigenvalue weighted by Gasteiger charge is 2.22. The van der Waals surface area contributed by atoms with Crippen molar-refractivity contribution in [1.82, 2.24) is 0 Å². The average molecular weight is 1430 g/mol. The Morgan fingerprint density at radius 3 is 0.842 bits per heavy atom. The number of nitrogens with zero attached hydrogens (tertiary/aromatic N) is 1. The molecule has 0 aliphatic carbocycles. The first-order valence-electron chi connectivity index (χ1n) is 43.4. The van der Waals surface area contributed by atoms with Crippen molar-refractivity contribution in [3.63, 3.8) is 0 Å². The van der Waals surface area contributed by atoms with Crippen LogP contribution in [0.15, 0.2) is 97.2 Å². The molecule has 0 saturated heterocycles. The van der Waals surface area contributed by atoms with E-state index in [0.717, 1.165) is 89.9 Å².